The molecule has 0 aliphatic rings. The van der Waals surface area contributed by atoms with Gasteiger partial charge in [0.25, 0.3) is 5.91 Å². The van der Waals surface area contributed by atoms with Crippen LogP contribution in [-0.2, 0) is 12.7 Å². The summed E-state index contributed by atoms with van der Waals surface area (Å²) in [7, 11) is 0. The van der Waals surface area contributed by atoms with Crippen LogP contribution < -0.4 is 5.32 Å². The minimum atomic E-state index is -4.71. The maximum atomic E-state index is 13.6. The van der Waals surface area contributed by atoms with Gasteiger partial charge in [0.1, 0.15) is 12.7 Å². The van der Waals surface area contributed by atoms with Crippen LogP contribution in [0.25, 0.3) is 5.65 Å². The zero-order valence-electron chi connectivity index (χ0n) is 15.3. The summed E-state index contributed by atoms with van der Waals surface area (Å²) in [6, 6.07) is 7.46. The Morgan fingerprint density at radius 2 is 1.84 bits per heavy atom. The highest BCUT2D eigenvalue weighted by Gasteiger charge is 2.38. The molecule has 0 unspecified atom stereocenters. The van der Waals surface area contributed by atoms with Gasteiger partial charge < -0.3 is 5.32 Å². The molecule has 4 aromatic rings. The van der Waals surface area contributed by atoms with E-state index in [9.17, 15) is 18.0 Å². The zero-order chi connectivity index (χ0) is 21.5. The molecule has 3 aromatic heterocycles. The largest absolute Gasteiger partial charge is 0.435 e. The third-order valence-corrected chi connectivity index (χ3v) is 4.86. The molecule has 0 aliphatic carbocycles. The van der Waals surface area contributed by atoms with Gasteiger partial charge in [-0.3, -0.25) is 9.20 Å². The molecular formula is C18H12Cl3F3N6O. The number of benzene rings is 1. The first-order valence-corrected chi connectivity index (χ1v) is 9.16. The number of pyridine rings is 1. The highest BCUT2D eigenvalue weighted by Crippen LogP contribution is 2.34. The van der Waals surface area contributed by atoms with Crippen molar-refractivity contribution in [3.63, 3.8) is 0 Å². The Labute approximate surface area is 189 Å². The number of nitrogens with one attached hydrogen (secondary N) is 1. The van der Waals surface area contributed by atoms with Crippen LogP contribution in [0.15, 0.2) is 49.2 Å². The second-order valence-electron chi connectivity index (χ2n) is 6.16. The lowest BCUT2D eigenvalue weighted by Crippen LogP contribution is -2.14. The number of imidazole rings is 1. The third kappa shape index (κ3) is 4.46. The first kappa shape index (κ1) is 22.9. The average molecular weight is 492 g/mol. The van der Waals surface area contributed by atoms with Gasteiger partial charge in [-0.15, -0.1) is 12.4 Å². The van der Waals surface area contributed by atoms with Crippen molar-refractivity contribution >= 4 is 52.9 Å². The molecule has 0 radical (unpaired) electrons. The van der Waals surface area contributed by atoms with Gasteiger partial charge in [0.2, 0.25) is 0 Å². The standard InChI is InChI=1S/C18H11Cl2F3N6O.ClH/c19-10-3-1-4-11(20)14(10)17(30)26-12-5-2-6-29-13(7-28-9-24-8-25-28)15(18(21,22)23)27-16(12)29;/h1-6,8-9H,7H2,(H,26,30);1H. The second-order valence-corrected chi connectivity index (χ2v) is 6.98. The van der Waals surface area contributed by atoms with Gasteiger partial charge in [0.15, 0.2) is 11.3 Å². The van der Waals surface area contributed by atoms with Gasteiger partial charge in [-0.2, -0.15) is 18.3 Å². The molecule has 162 valence electrons. The Kier molecular flexibility index (Phi) is 6.44. The quantitative estimate of drug-likeness (QED) is 0.437. The van der Waals surface area contributed by atoms with Gasteiger partial charge in [-0.25, -0.2) is 14.6 Å². The maximum absolute atomic E-state index is 13.6. The molecular weight excluding hydrogens is 480 g/mol. The van der Waals surface area contributed by atoms with Gasteiger partial charge in [-0.05, 0) is 24.3 Å². The number of fused-ring (bicyclic) bond motifs is 1. The maximum Gasteiger partial charge on any atom is 0.435 e. The van der Waals surface area contributed by atoms with Crippen molar-refractivity contribution in [2.24, 2.45) is 0 Å². The number of nitrogens with zero attached hydrogens (tertiary/aromatic N) is 5. The first-order chi connectivity index (χ1) is 14.3. The van der Waals surface area contributed by atoms with Crippen molar-refractivity contribution in [1.82, 2.24) is 24.1 Å². The SMILES string of the molecule is Cl.O=C(Nc1cccn2c(Cn3cncn3)c(C(F)(F)F)nc12)c1c(Cl)cccc1Cl. The van der Waals surface area contributed by atoms with Crippen LogP contribution in [0, 0.1) is 0 Å². The molecule has 31 heavy (non-hydrogen) atoms. The second kappa shape index (κ2) is 8.74. The summed E-state index contributed by atoms with van der Waals surface area (Å²) in [6.45, 7) is -0.219. The van der Waals surface area contributed by atoms with E-state index in [0.717, 1.165) is 0 Å². The highest BCUT2D eigenvalue weighted by molar-refractivity contribution is 6.40. The molecule has 0 aliphatic heterocycles. The molecule has 4 rings (SSSR count). The fourth-order valence-corrected chi connectivity index (χ4v) is 3.53. The fourth-order valence-electron chi connectivity index (χ4n) is 2.96. The number of carbonyl (C=O) groups excluding carboxylic acids is 1. The number of carbonyl (C=O) groups is 1. The Morgan fingerprint density at radius 1 is 1.13 bits per heavy atom. The van der Waals surface area contributed by atoms with Crippen molar-refractivity contribution in [2.45, 2.75) is 12.7 Å². The number of halogens is 6. The van der Waals surface area contributed by atoms with E-state index in [2.05, 4.69) is 20.4 Å². The first-order valence-electron chi connectivity index (χ1n) is 8.40. The average Bonchev–Trinajstić information content (AvgIpc) is 3.30. The normalized spacial score (nSPS) is 11.4. The Hall–Kier alpha value is -2.82. The molecule has 0 atom stereocenters. The van der Waals surface area contributed by atoms with Crippen molar-refractivity contribution in [1.29, 1.82) is 0 Å². The summed E-state index contributed by atoms with van der Waals surface area (Å²) in [5.74, 6) is -0.673. The molecule has 0 saturated heterocycles. The lowest BCUT2D eigenvalue weighted by Gasteiger charge is -2.10. The highest BCUT2D eigenvalue weighted by atomic mass is 35.5. The summed E-state index contributed by atoms with van der Waals surface area (Å²) in [4.78, 5) is 20.2. The van der Waals surface area contributed by atoms with Crippen LogP contribution in [0.5, 0.6) is 0 Å². The van der Waals surface area contributed by atoms with Crippen LogP contribution in [0.4, 0.5) is 18.9 Å². The van der Waals surface area contributed by atoms with E-state index in [1.54, 1.807) is 6.07 Å². The minimum Gasteiger partial charge on any atom is -0.319 e. The Bertz CT molecular complexity index is 1220. The van der Waals surface area contributed by atoms with Crippen molar-refractivity contribution < 1.29 is 18.0 Å². The predicted molar refractivity (Wildman–Crippen MR) is 111 cm³/mol. The lowest BCUT2D eigenvalue weighted by atomic mass is 10.2. The molecule has 3 heterocycles. The molecule has 0 bridgehead atoms. The van der Waals surface area contributed by atoms with E-state index in [-0.39, 0.29) is 51.6 Å². The molecule has 0 fully saturated rings. The fraction of sp³-hybridized carbons (Fsp3) is 0.111. The van der Waals surface area contributed by atoms with E-state index in [1.807, 2.05) is 0 Å². The van der Waals surface area contributed by atoms with E-state index in [1.165, 1.54) is 52.2 Å². The number of hydrogen-bond donors (Lipinski definition) is 1. The third-order valence-electron chi connectivity index (χ3n) is 4.23. The van der Waals surface area contributed by atoms with E-state index in [4.69, 9.17) is 23.2 Å². The topological polar surface area (TPSA) is 77.1 Å². The zero-order valence-corrected chi connectivity index (χ0v) is 17.6. The van der Waals surface area contributed by atoms with Gasteiger partial charge in [0, 0.05) is 6.20 Å². The lowest BCUT2D eigenvalue weighted by molar-refractivity contribution is -0.141. The number of amides is 1. The molecule has 7 nitrogen and oxygen atoms in total. The van der Waals surface area contributed by atoms with E-state index < -0.39 is 17.8 Å². The number of aromatic nitrogens is 5. The van der Waals surface area contributed by atoms with Crippen LogP contribution >= 0.6 is 35.6 Å². The molecule has 1 N–H and O–H groups in total. The van der Waals surface area contributed by atoms with Crippen LogP contribution in [0.3, 0.4) is 0 Å². The molecule has 0 spiro atoms. The van der Waals surface area contributed by atoms with Gasteiger partial charge in [0.05, 0.1) is 33.5 Å². The molecule has 0 saturated carbocycles. The van der Waals surface area contributed by atoms with Crippen LogP contribution in [-0.4, -0.2) is 30.1 Å². The smallest absolute Gasteiger partial charge is 0.319 e. The van der Waals surface area contributed by atoms with Gasteiger partial charge in [-0.1, -0.05) is 29.3 Å². The van der Waals surface area contributed by atoms with Crippen molar-refractivity contribution in [2.75, 3.05) is 5.32 Å². The van der Waals surface area contributed by atoms with Crippen LogP contribution in [0.2, 0.25) is 10.0 Å². The van der Waals surface area contributed by atoms with Crippen LogP contribution in [0.1, 0.15) is 21.7 Å². The number of anilines is 1. The Balaban J connectivity index is 0.00000272. The summed E-state index contributed by atoms with van der Waals surface area (Å²) < 4.78 is 43.4. The number of hydrogen-bond acceptors (Lipinski definition) is 4. The molecule has 1 amide bonds. The minimum absolute atomic E-state index is 0. The molecule has 1 aromatic carbocycles. The van der Waals surface area contributed by atoms with Crippen molar-refractivity contribution in [3.8, 4) is 0 Å². The number of rotatable bonds is 4. The van der Waals surface area contributed by atoms with Crippen molar-refractivity contribution in [3.05, 3.63) is 76.2 Å². The van der Waals surface area contributed by atoms with E-state index >= 15 is 0 Å². The number of alkyl halides is 3. The summed E-state index contributed by atoms with van der Waals surface area (Å²) in [5.41, 5.74) is -1.26. The molecule has 13 heteroatoms. The van der Waals surface area contributed by atoms with E-state index in [0.29, 0.717) is 0 Å². The summed E-state index contributed by atoms with van der Waals surface area (Å²) >= 11 is 12.1. The predicted octanol–water partition coefficient (Wildman–Crippen LogP) is 4.97. The monoisotopic (exact) mass is 490 g/mol. The Morgan fingerprint density at radius 3 is 2.45 bits per heavy atom. The summed E-state index contributed by atoms with van der Waals surface area (Å²) in [6.07, 6.45) is -0.780. The summed E-state index contributed by atoms with van der Waals surface area (Å²) in [5, 5.41) is 6.61. The van der Waals surface area contributed by atoms with Gasteiger partial charge >= 0.3 is 6.18 Å².